The molecule has 33 heavy (non-hydrogen) atoms. The van der Waals surface area contributed by atoms with Gasteiger partial charge in [-0.15, -0.1) is 0 Å². The van der Waals surface area contributed by atoms with Gasteiger partial charge in [-0.1, -0.05) is 41.4 Å². The molecule has 0 spiro atoms. The molecule has 0 saturated heterocycles. The van der Waals surface area contributed by atoms with Crippen molar-refractivity contribution in [3.05, 3.63) is 107 Å². The molecule has 0 aliphatic heterocycles. The van der Waals surface area contributed by atoms with E-state index in [1.807, 2.05) is 0 Å². The molecule has 0 amide bonds. The molecule has 0 unspecified atom stereocenters. The minimum atomic E-state index is -3.79. The molecule has 0 aliphatic carbocycles. The third kappa shape index (κ3) is 5.07. The molecule has 0 aliphatic rings. The lowest BCUT2D eigenvalue weighted by Crippen LogP contribution is -2.02. The van der Waals surface area contributed by atoms with E-state index in [2.05, 4.69) is 0 Å². The van der Waals surface area contributed by atoms with Crippen LogP contribution >= 0.6 is 23.2 Å². The van der Waals surface area contributed by atoms with Gasteiger partial charge >= 0.3 is 0 Å². The second-order valence-electron chi connectivity index (χ2n) is 6.97. The van der Waals surface area contributed by atoms with E-state index in [-0.39, 0.29) is 25.3 Å². The highest BCUT2D eigenvalue weighted by Gasteiger charge is 2.20. The standard InChI is InChI=1S/C24H16Cl2O5S2/c25-17-4-1-7-22(14-17)32(27,28)21-12-10-19(11-13-21)31-20-6-3-9-24(16-20)33(29,30)23-8-2-5-18(26)15-23/h1-16H. The highest BCUT2D eigenvalue weighted by Crippen LogP contribution is 2.30. The predicted octanol–water partition coefficient (Wildman–Crippen LogP) is 6.45. The molecule has 0 heterocycles. The highest BCUT2D eigenvalue weighted by atomic mass is 35.5. The number of hydrogen-bond donors (Lipinski definition) is 0. The fourth-order valence-corrected chi connectivity index (χ4v) is 6.23. The Morgan fingerprint density at radius 1 is 0.485 bits per heavy atom. The Hall–Kier alpha value is -2.84. The van der Waals surface area contributed by atoms with Gasteiger partial charge in [0.25, 0.3) is 0 Å². The zero-order valence-electron chi connectivity index (χ0n) is 16.9. The van der Waals surface area contributed by atoms with E-state index in [0.717, 1.165) is 0 Å². The Balaban J connectivity index is 1.58. The first-order valence-corrected chi connectivity index (χ1v) is 13.3. The zero-order valence-corrected chi connectivity index (χ0v) is 20.0. The minimum Gasteiger partial charge on any atom is -0.457 e. The number of rotatable bonds is 6. The largest absolute Gasteiger partial charge is 0.457 e. The summed E-state index contributed by atoms with van der Waals surface area (Å²) in [5.74, 6) is 0.626. The van der Waals surface area contributed by atoms with Gasteiger partial charge in [0.15, 0.2) is 0 Å². The maximum absolute atomic E-state index is 12.9. The van der Waals surface area contributed by atoms with Crippen LogP contribution in [0.25, 0.3) is 0 Å². The van der Waals surface area contributed by atoms with Crippen LogP contribution < -0.4 is 4.74 Å². The quantitative estimate of drug-likeness (QED) is 0.293. The molecular weight excluding hydrogens is 503 g/mol. The van der Waals surface area contributed by atoms with Crippen molar-refractivity contribution in [3.63, 3.8) is 0 Å². The van der Waals surface area contributed by atoms with Crippen molar-refractivity contribution >= 4 is 42.9 Å². The van der Waals surface area contributed by atoms with Crippen molar-refractivity contribution in [1.29, 1.82) is 0 Å². The third-order valence-corrected chi connectivity index (χ3v) is 8.68. The molecular formula is C24H16Cl2O5S2. The third-order valence-electron chi connectivity index (χ3n) is 4.70. The summed E-state index contributed by atoms with van der Waals surface area (Å²) in [5, 5.41) is 0.639. The van der Waals surface area contributed by atoms with Gasteiger partial charge < -0.3 is 4.74 Å². The molecule has 0 radical (unpaired) electrons. The van der Waals surface area contributed by atoms with E-state index >= 15 is 0 Å². The first kappa shape index (κ1) is 23.3. The monoisotopic (exact) mass is 518 g/mol. The molecule has 0 bridgehead atoms. The summed E-state index contributed by atoms with van der Waals surface area (Å²) in [7, 11) is -7.53. The van der Waals surface area contributed by atoms with Gasteiger partial charge in [-0.05, 0) is 78.9 Å². The van der Waals surface area contributed by atoms with E-state index in [1.54, 1.807) is 36.4 Å². The molecule has 0 aromatic heterocycles. The van der Waals surface area contributed by atoms with Crippen LogP contribution in [-0.4, -0.2) is 16.8 Å². The summed E-state index contributed by atoms with van der Waals surface area (Å²) in [6.07, 6.45) is 0. The van der Waals surface area contributed by atoms with Crippen molar-refractivity contribution < 1.29 is 21.6 Å². The van der Waals surface area contributed by atoms with Gasteiger partial charge in [-0.2, -0.15) is 0 Å². The summed E-state index contributed by atoms with van der Waals surface area (Å²) >= 11 is 11.8. The lowest BCUT2D eigenvalue weighted by Gasteiger charge is -2.10. The summed E-state index contributed by atoms with van der Waals surface area (Å²) in [6, 6.07) is 23.9. The van der Waals surface area contributed by atoms with Crippen LogP contribution in [0.4, 0.5) is 0 Å². The Kier molecular flexibility index (Phi) is 6.50. The van der Waals surface area contributed by atoms with Gasteiger partial charge in [0.2, 0.25) is 19.7 Å². The zero-order chi connectivity index (χ0) is 23.6. The molecule has 9 heteroatoms. The molecule has 5 nitrogen and oxygen atoms in total. The van der Waals surface area contributed by atoms with Gasteiger partial charge in [0.05, 0.1) is 19.6 Å². The number of hydrogen-bond acceptors (Lipinski definition) is 5. The van der Waals surface area contributed by atoms with Crippen molar-refractivity contribution in [2.45, 2.75) is 19.6 Å². The normalized spacial score (nSPS) is 11.8. The first-order valence-electron chi connectivity index (χ1n) is 9.55. The highest BCUT2D eigenvalue weighted by molar-refractivity contribution is 7.91. The maximum atomic E-state index is 12.9. The minimum absolute atomic E-state index is 0.0439. The van der Waals surface area contributed by atoms with Crippen LogP contribution in [0.15, 0.2) is 117 Å². The van der Waals surface area contributed by atoms with Crippen LogP contribution in [0, 0.1) is 0 Å². The molecule has 0 fully saturated rings. The lowest BCUT2D eigenvalue weighted by atomic mass is 10.3. The first-order chi connectivity index (χ1) is 15.7. The molecule has 0 N–H and O–H groups in total. The topological polar surface area (TPSA) is 77.5 Å². The van der Waals surface area contributed by atoms with Gasteiger partial charge in [-0.3, -0.25) is 0 Å². The predicted molar refractivity (Wildman–Crippen MR) is 127 cm³/mol. The smallest absolute Gasteiger partial charge is 0.206 e. The van der Waals surface area contributed by atoms with Crippen LogP contribution in [0.5, 0.6) is 11.5 Å². The average molecular weight is 519 g/mol. The second-order valence-corrected chi connectivity index (χ2v) is 11.7. The van der Waals surface area contributed by atoms with Crippen molar-refractivity contribution in [3.8, 4) is 11.5 Å². The summed E-state index contributed by atoms with van der Waals surface area (Å²) in [4.78, 5) is 0.280. The number of benzene rings is 4. The SMILES string of the molecule is O=S(=O)(c1ccc(Oc2cccc(S(=O)(=O)c3cccc(Cl)c3)c2)cc1)c1cccc(Cl)c1. The van der Waals surface area contributed by atoms with Gasteiger partial charge in [-0.25, -0.2) is 16.8 Å². The number of sulfone groups is 2. The van der Waals surface area contributed by atoms with Crippen LogP contribution in [0.1, 0.15) is 0 Å². The number of halogens is 2. The van der Waals surface area contributed by atoms with E-state index in [1.165, 1.54) is 60.7 Å². The fourth-order valence-electron chi connectivity index (χ4n) is 3.07. The fraction of sp³-hybridized carbons (Fsp3) is 0. The Bertz CT molecular complexity index is 1530. The molecule has 4 aromatic rings. The molecule has 0 saturated carbocycles. The van der Waals surface area contributed by atoms with E-state index in [4.69, 9.17) is 27.9 Å². The molecule has 168 valence electrons. The number of ether oxygens (including phenoxy) is 1. The van der Waals surface area contributed by atoms with E-state index < -0.39 is 19.7 Å². The molecule has 4 rings (SSSR count). The Labute approximate surface area is 202 Å². The second kappa shape index (κ2) is 9.19. The van der Waals surface area contributed by atoms with Crippen molar-refractivity contribution in [2.24, 2.45) is 0 Å². The Morgan fingerprint density at radius 2 is 0.939 bits per heavy atom. The molecule has 4 aromatic carbocycles. The van der Waals surface area contributed by atoms with Gasteiger partial charge in [0, 0.05) is 10.0 Å². The van der Waals surface area contributed by atoms with Gasteiger partial charge in [0.1, 0.15) is 11.5 Å². The summed E-state index contributed by atoms with van der Waals surface area (Å²) in [5.41, 5.74) is 0. The average Bonchev–Trinajstić information content (AvgIpc) is 2.80. The summed E-state index contributed by atoms with van der Waals surface area (Å²) in [6.45, 7) is 0. The van der Waals surface area contributed by atoms with Crippen LogP contribution in [-0.2, 0) is 19.7 Å². The molecule has 0 atom stereocenters. The van der Waals surface area contributed by atoms with Crippen molar-refractivity contribution in [1.82, 2.24) is 0 Å². The van der Waals surface area contributed by atoms with Crippen LogP contribution in [0.2, 0.25) is 10.0 Å². The Morgan fingerprint density at radius 3 is 1.45 bits per heavy atom. The van der Waals surface area contributed by atoms with E-state index in [0.29, 0.717) is 15.8 Å². The van der Waals surface area contributed by atoms with Crippen LogP contribution in [0.3, 0.4) is 0 Å². The maximum Gasteiger partial charge on any atom is 0.206 e. The van der Waals surface area contributed by atoms with Crippen molar-refractivity contribution in [2.75, 3.05) is 0 Å². The van der Waals surface area contributed by atoms with E-state index in [9.17, 15) is 16.8 Å². The lowest BCUT2D eigenvalue weighted by molar-refractivity contribution is 0.480. The summed E-state index contributed by atoms with van der Waals surface area (Å²) < 4.78 is 57.2.